The van der Waals surface area contributed by atoms with Gasteiger partial charge in [0.05, 0.1) is 12.1 Å². The van der Waals surface area contributed by atoms with Gasteiger partial charge in [0.1, 0.15) is 12.0 Å². The molecular formula is C37H41N9O3. The van der Waals surface area contributed by atoms with Crippen LogP contribution in [0.15, 0.2) is 85.5 Å². The van der Waals surface area contributed by atoms with Gasteiger partial charge in [-0.25, -0.2) is 9.97 Å². The Labute approximate surface area is 285 Å². The number of ether oxygens (including phenoxy) is 2. The van der Waals surface area contributed by atoms with Crippen LogP contribution in [-0.2, 0) is 16.6 Å². The first-order valence-corrected chi connectivity index (χ1v) is 16.6. The molecule has 252 valence electrons. The van der Waals surface area contributed by atoms with E-state index >= 15 is 0 Å². The minimum Gasteiger partial charge on any atom is -0.478 e. The van der Waals surface area contributed by atoms with Crippen LogP contribution < -0.4 is 10.1 Å². The highest BCUT2D eigenvalue weighted by molar-refractivity contribution is 6.01. The van der Waals surface area contributed by atoms with Crippen molar-refractivity contribution in [3.8, 4) is 28.5 Å². The first kappa shape index (κ1) is 32.2. The highest BCUT2D eigenvalue weighted by Gasteiger charge is 2.45. The van der Waals surface area contributed by atoms with Gasteiger partial charge in [-0.2, -0.15) is 10.2 Å². The molecule has 2 aliphatic heterocycles. The number of nitrogens with one attached hydrogen (secondary N) is 2. The lowest BCUT2D eigenvalue weighted by atomic mass is 9.98. The molecule has 2 N–H and O–H groups in total. The topological polar surface area (TPSA) is 126 Å². The van der Waals surface area contributed by atoms with E-state index in [0.717, 1.165) is 65.3 Å². The quantitative estimate of drug-likeness (QED) is 0.198. The number of aromatic amines is 1. The Balaban J connectivity index is 0.956. The average Bonchev–Trinajstić information content (AvgIpc) is 3.88. The molecule has 0 saturated carbocycles. The first-order valence-electron chi connectivity index (χ1n) is 16.6. The van der Waals surface area contributed by atoms with Crippen LogP contribution in [0.2, 0.25) is 0 Å². The number of rotatable bonds is 11. The standard InChI is InChI=1S/C37H41N9O3/c1-5-49-33-13-10-29(21-38-33)34-31-20-30(11-12-32(31)41-42-34)40-36(47)37(48-4)16-19-45(23-37)22-25(2)46-17-14-27(15-18-46)26-6-8-28(9-7-26)35-39-24-44(3)43-35/h6-14,20-21,24H,2,5,15-19,22-23H2,1,3-4H3,(H,40,47)(H,41,42)/t37-/m0/s1. The fourth-order valence-electron chi connectivity index (χ4n) is 6.63. The van der Waals surface area contributed by atoms with E-state index in [2.05, 4.69) is 77.3 Å². The van der Waals surface area contributed by atoms with E-state index in [9.17, 15) is 4.79 Å². The summed E-state index contributed by atoms with van der Waals surface area (Å²) in [4.78, 5) is 27.0. The molecule has 1 amide bonds. The van der Waals surface area contributed by atoms with E-state index in [1.807, 2.05) is 44.3 Å². The van der Waals surface area contributed by atoms with E-state index in [4.69, 9.17) is 9.47 Å². The number of aryl methyl sites for hydroxylation is 1. The summed E-state index contributed by atoms with van der Waals surface area (Å²) in [7, 11) is 3.49. The minimum absolute atomic E-state index is 0.161. The van der Waals surface area contributed by atoms with E-state index in [1.54, 1.807) is 24.3 Å². The molecule has 1 atom stereocenters. The Morgan fingerprint density at radius 3 is 2.57 bits per heavy atom. The summed E-state index contributed by atoms with van der Waals surface area (Å²) in [5.74, 6) is 1.14. The van der Waals surface area contributed by atoms with Crippen molar-refractivity contribution in [2.24, 2.45) is 7.05 Å². The number of likely N-dealkylation sites (tertiary alicyclic amines) is 1. The molecule has 49 heavy (non-hydrogen) atoms. The SMILES string of the molecule is C=C(CN1CC[C@@](OC)(C(=O)Nc2ccc3[nH]nc(-c4ccc(OCC)nc4)c3c2)C1)N1CC=C(c2ccc(-c3ncn(C)n3)cc2)CC1. The summed E-state index contributed by atoms with van der Waals surface area (Å²) >= 11 is 0. The maximum atomic E-state index is 13.7. The summed E-state index contributed by atoms with van der Waals surface area (Å²) in [6.45, 7) is 10.5. The number of fused-ring (bicyclic) bond motifs is 1. The predicted molar refractivity (Wildman–Crippen MR) is 190 cm³/mol. The second kappa shape index (κ2) is 13.7. The van der Waals surface area contributed by atoms with Crippen LogP contribution in [0.4, 0.5) is 5.69 Å². The van der Waals surface area contributed by atoms with Crippen LogP contribution in [0.1, 0.15) is 25.3 Å². The van der Waals surface area contributed by atoms with Crippen LogP contribution in [0, 0.1) is 0 Å². The van der Waals surface area contributed by atoms with Crippen LogP contribution >= 0.6 is 0 Å². The molecule has 0 bridgehead atoms. The number of methoxy groups -OCH3 is 1. The second-order valence-electron chi connectivity index (χ2n) is 12.6. The predicted octanol–water partition coefficient (Wildman–Crippen LogP) is 5.15. The zero-order chi connectivity index (χ0) is 34.0. The second-order valence-corrected chi connectivity index (χ2v) is 12.6. The van der Waals surface area contributed by atoms with E-state index in [1.165, 1.54) is 11.1 Å². The Bertz CT molecular complexity index is 2000. The molecule has 0 aliphatic carbocycles. The Kier molecular flexibility index (Phi) is 8.98. The zero-order valence-electron chi connectivity index (χ0n) is 28.1. The Morgan fingerprint density at radius 2 is 1.88 bits per heavy atom. The number of aromatic nitrogens is 6. The molecule has 7 rings (SSSR count). The number of anilines is 1. The van der Waals surface area contributed by atoms with Gasteiger partial charge in [0.25, 0.3) is 5.91 Å². The van der Waals surface area contributed by atoms with Gasteiger partial charge in [0.15, 0.2) is 11.4 Å². The summed E-state index contributed by atoms with van der Waals surface area (Å²) in [6, 6.07) is 17.9. The molecule has 0 radical (unpaired) electrons. The van der Waals surface area contributed by atoms with Crippen molar-refractivity contribution < 1.29 is 14.3 Å². The largest absolute Gasteiger partial charge is 0.478 e. The van der Waals surface area contributed by atoms with Gasteiger partial charge < -0.3 is 19.7 Å². The van der Waals surface area contributed by atoms with Crippen molar-refractivity contribution in [1.29, 1.82) is 0 Å². The fraction of sp³-hybridized carbons (Fsp3) is 0.324. The third-order valence-electron chi connectivity index (χ3n) is 9.41. The van der Waals surface area contributed by atoms with E-state index < -0.39 is 5.60 Å². The number of nitrogens with zero attached hydrogens (tertiary/aromatic N) is 7. The van der Waals surface area contributed by atoms with Crippen LogP contribution in [0.25, 0.3) is 39.1 Å². The third kappa shape index (κ3) is 6.70. The van der Waals surface area contributed by atoms with Gasteiger partial charge >= 0.3 is 0 Å². The molecule has 1 fully saturated rings. The molecular weight excluding hydrogens is 618 g/mol. The molecule has 0 spiro atoms. The molecule has 0 unspecified atom stereocenters. The van der Waals surface area contributed by atoms with Gasteiger partial charge in [-0.3, -0.25) is 19.5 Å². The minimum atomic E-state index is -0.959. The summed E-state index contributed by atoms with van der Waals surface area (Å²) in [6.07, 6.45) is 7.26. The van der Waals surface area contributed by atoms with Gasteiger partial charge in [-0.15, -0.1) is 0 Å². The smallest absolute Gasteiger partial charge is 0.258 e. The highest BCUT2D eigenvalue weighted by atomic mass is 16.5. The summed E-state index contributed by atoms with van der Waals surface area (Å²) in [5, 5.41) is 16.0. The molecule has 12 heteroatoms. The Morgan fingerprint density at radius 1 is 1.06 bits per heavy atom. The summed E-state index contributed by atoms with van der Waals surface area (Å²) in [5.41, 5.74) is 6.79. The molecule has 2 aromatic carbocycles. The van der Waals surface area contributed by atoms with E-state index in [0.29, 0.717) is 37.7 Å². The lowest BCUT2D eigenvalue weighted by Crippen LogP contribution is -2.47. The first-order chi connectivity index (χ1) is 23.8. The Hall–Kier alpha value is -5.33. The maximum absolute atomic E-state index is 13.7. The number of H-pyrrole nitrogens is 1. The van der Waals surface area contributed by atoms with Gasteiger partial charge in [-0.05, 0) is 55.2 Å². The lowest BCUT2D eigenvalue weighted by Gasteiger charge is -2.33. The molecule has 1 saturated heterocycles. The number of carbonyl (C=O) groups is 1. The number of benzene rings is 2. The molecule has 5 aromatic rings. The number of amides is 1. The third-order valence-corrected chi connectivity index (χ3v) is 9.41. The molecule has 3 aromatic heterocycles. The highest BCUT2D eigenvalue weighted by Crippen LogP contribution is 2.32. The van der Waals surface area contributed by atoms with Crippen LogP contribution in [0.5, 0.6) is 5.88 Å². The molecule has 2 aliphatic rings. The van der Waals surface area contributed by atoms with Crippen LogP contribution in [-0.4, -0.2) is 97.7 Å². The van der Waals surface area contributed by atoms with Crippen molar-refractivity contribution in [3.63, 3.8) is 0 Å². The van der Waals surface area contributed by atoms with Crippen molar-refractivity contribution >= 4 is 28.1 Å². The number of hydrogen-bond acceptors (Lipinski definition) is 9. The lowest BCUT2D eigenvalue weighted by molar-refractivity contribution is -0.136. The van der Waals surface area contributed by atoms with Crippen molar-refractivity contribution in [2.45, 2.75) is 25.4 Å². The van der Waals surface area contributed by atoms with Gasteiger partial charge in [0.2, 0.25) is 5.88 Å². The number of pyridine rings is 1. The van der Waals surface area contributed by atoms with Gasteiger partial charge in [0, 0.05) is 87.0 Å². The fourth-order valence-corrected chi connectivity index (χ4v) is 6.63. The van der Waals surface area contributed by atoms with Crippen molar-refractivity contribution in [3.05, 3.63) is 91.0 Å². The summed E-state index contributed by atoms with van der Waals surface area (Å²) < 4.78 is 13.1. The maximum Gasteiger partial charge on any atom is 0.258 e. The average molecular weight is 660 g/mol. The molecule has 12 nitrogen and oxygen atoms in total. The van der Waals surface area contributed by atoms with Gasteiger partial charge in [-0.1, -0.05) is 36.9 Å². The number of hydrogen-bond donors (Lipinski definition) is 2. The van der Waals surface area contributed by atoms with Crippen molar-refractivity contribution in [2.75, 3.05) is 51.8 Å². The number of carbonyl (C=O) groups excluding carboxylic acids is 1. The zero-order valence-corrected chi connectivity index (χ0v) is 28.1. The monoisotopic (exact) mass is 659 g/mol. The van der Waals surface area contributed by atoms with Crippen LogP contribution in [0.3, 0.4) is 0 Å². The normalized spacial score (nSPS) is 18.1. The molecule has 5 heterocycles. The van der Waals surface area contributed by atoms with E-state index in [-0.39, 0.29) is 5.91 Å². The van der Waals surface area contributed by atoms with Crippen molar-refractivity contribution in [1.82, 2.24) is 39.7 Å².